The Morgan fingerprint density at radius 3 is 2.65 bits per heavy atom. The van der Waals surface area contributed by atoms with E-state index in [2.05, 4.69) is 22.3 Å². The lowest BCUT2D eigenvalue weighted by atomic mass is 10.1. The van der Waals surface area contributed by atoms with Gasteiger partial charge in [0.05, 0.1) is 6.04 Å². The first-order chi connectivity index (χ1) is 8.20. The molecule has 4 heteroatoms. The Morgan fingerprint density at radius 1 is 1.35 bits per heavy atom. The summed E-state index contributed by atoms with van der Waals surface area (Å²) in [5.41, 5.74) is 7.92. The van der Waals surface area contributed by atoms with E-state index in [0.717, 1.165) is 25.2 Å². The van der Waals surface area contributed by atoms with Crippen LogP contribution >= 0.6 is 0 Å². The summed E-state index contributed by atoms with van der Waals surface area (Å²) < 4.78 is 0. The van der Waals surface area contributed by atoms with Crippen LogP contribution in [-0.4, -0.2) is 29.9 Å². The van der Waals surface area contributed by atoms with Gasteiger partial charge in [-0.1, -0.05) is 24.3 Å². The number of nitrogens with two attached hydrogens (primary N) is 1. The molecule has 1 amide bonds. The van der Waals surface area contributed by atoms with Gasteiger partial charge in [0.1, 0.15) is 0 Å². The first-order valence-corrected chi connectivity index (χ1v) is 6.00. The van der Waals surface area contributed by atoms with Gasteiger partial charge in [-0.05, 0) is 18.1 Å². The smallest absolute Gasteiger partial charge is 0.237 e. The van der Waals surface area contributed by atoms with Crippen molar-refractivity contribution in [3.05, 3.63) is 35.4 Å². The van der Waals surface area contributed by atoms with Gasteiger partial charge in [0, 0.05) is 26.2 Å². The Kier molecular flexibility index (Phi) is 3.76. The Bertz CT molecular complexity index is 388. The highest BCUT2D eigenvalue weighted by atomic mass is 16.2. The standard InChI is InChI=1S/C13H19N3O/c1-10-13(17)15-6-7-16(10)9-12-4-2-11(8-14)3-5-12/h2-5,10H,6-9,14H2,1H3,(H,15,17). The van der Waals surface area contributed by atoms with Gasteiger partial charge >= 0.3 is 0 Å². The lowest BCUT2D eigenvalue weighted by molar-refractivity contribution is -0.128. The summed E-state index contributed by atoms with van der Waals surface area (Å²) in [6.45, 7) is 4.99. The Labute approximate surface area is 102 Å². The van der Waals surface area contributed by atoms with E-state index >= 15 is 0 Å². The third kappa shape index (κ3) is 2.84. The minimum Gasteiger partial charge on any atom is -0.353 e. The topological polar surface area (TPSA) is 58.4 Å². The number of hydrogen-bond acceptors (Lipinski definition) is 3. The van der Waals surface area contributed by atoms with Crippen molar-refractivity contribution in [3.8, 4) is 0 Å². The Morgan fingerprint density at radius 2 is 2.00 bits per heavy atom. The molecule has 17 heavy (non-hydrogen) atoms. The summed E-state index contributed by atoms with van der Waals surface area (Å²) in [7, 11) is 0. The number of amides is 1. The van der Waals surface area contributed by atoms with Crippen molar-refractivity contribution < 1.29 is 4.79 Å². The number of nitrogens with one attached hydrogen (secondary N) is 1. The molecule has 1 atom stereocenters. The van der Waals surface area contributed by atoms with E-state index in [9.17, 15) is 4.79 Å². The molecule has 1 aromatic carbocycles. The normalized spacial score (nSPS) is 21.3. The van der Waals surface area contributed by atoms with Gasteiger partial charge in [-0.15, -0.1) is 0 Å². The molecule has 1 aromatic rings. The number of hydrogen-bond donors (Lipinski definition) is 2. The summed E-state index contributed by atoms with van der Waals surface area (Å²) in [5, 5.41) is 2.87. The van der Waals surface area contributed by atoms with Crippen molar-refractivity contribution in [1.29, 1.82) is 0 Å². The minimum atomic E-state index is -0.0436. The zero-order chi connectivity index (χ0) is 12.3. The van der Waals surface area contributed by atoms with Gasteiger partial charge in [0.2, 0.25) is 5.91 Å². The number of rotatable bonds is 3. The van der Waals surface area contributed by atoms with E-state index in [1.165, 1.54) is 5.56 Å². The van der Waals surface area contributed by atoms with Crippen LogP contribution in [0.4, 0.5) is 0 Å². The molecule has 92 valence electrons. The van der Waals surface area contributed by atoms with Crippen molar-refractivity contribution in [2.75, 3.05) is 13.1 Å². The highest BCUT2D eigenvalue weighted by Crippen LogP contribution is 2.11. The molecule has 3 N–H and O–H groups in total. The number of carbonyl (C=O) groups is 1. The monoisotopic (exact) mass is 233 g/mol. The third-order valence-electron chi connectivity index (χ3n) is 3.27. The summed E-state index contributed by atoms with van der Waals surface area (Å²) in [5.74, 6) is 0.120. The van der Waals surface area contributed by atoms with E-state index in [-0.39, 0.29) is 11.9 Å². The average molecular weight is 233 g/mol. The van der Waals surface area contributed by atoms with E-state index < -0.39 is 0 Å². The second kappa shape index (κ2) is 5.29. The summed E-state index contributed by atoms with van der Waals surface area (Å²) >= 11 is 0. The van der Waals surface area contributed by atoms with Crippen LogP contribution in [-0.2, 0) is 17.9 Å². The molecule has 1 aliphatic rings. The van der Waals surface area contributed by atoms with Crippen molar-refractivity contribution in [2.45, 2.75) is 26.1 Å². The average Bonchev–Trinajstić information content (AvgIpc) is 2.36. The molecule has 0 bridgehead atoms. The zero-order valence-corrected chi connectivity index (χ0v) is 10.1. The third-order valence-corrected chi connectivity index (χ3v) is 3.27. The van der Waals surface area contributed by atoms with E-state index in [1.54, 1.807) is 0 Å². The van der Waals surface area contributed by atoms with Gasteiger partial charge in [-0.2, -0.15) is 0 Å². The number of piperazine rings is 1. The summed E-state index contributed by atoms with van der Waals surface area (Å²) in [4.78, 5) is 13.7. The van der Waals surface area contributed by atoms with Gasteiger partial charge < -0.3 is 11.1 Å². The first kappa shape index (κ1) is 12.1. The highest BCUT2D eigenvalue weighted by Gasteiger charge is 2.24. The first-order valence-electron chi connectivity index (χ1n) is 6.00. The van der Waals surface area contributed by atoms with E-state index in [1.807, 2.05) is 19.1 Å². The quantitative estimate of drug-likeness (QED) is 0.797. The maximum atomic E-state index is 11.5. The molecule has 1 fully saturated rings. The molecule has 1 saturated heterocycles. The molecule has 1 unspecified atom stereocenters. The second-order valence-electron chi connectivity index (χ2n) is 4.46. The number of benzene rings is 1. The van der Waals surface area contributed by atoms with Crippen molar-refractivity contribution in [2.24, 2.45) is 5.73 Å². The highest BCUT2D eigenvalue weighted by molar-refractivity contribution is 5.81. The molecule has 0 spiro atoms. The molecule has 0 aliphatic carbocycles. The molecule has 0 aromatic heterocycles. The number of carbonyl (C=O) groups excluding carboxylic acids is 1. The number of nitrogens with zero attached hydrogens (tertiary/aromatic N) is 1. The summed E-state index contributed by atoms with van der Waals surface area (Å²) in [6.07, 6.45) is 0. The molecule has 0 radical (unpaired) electrons. The van der Waals surface area contributed by atoms with Crippen LogP contribution in [0.3, 0.4) is 0 Å². The van der Waals surface area contributed by atoms with E-state index in [4.69, 9.17) is 5.73 Å². The largest absolute Gasteiger partial charge is 0.353 e. The fraction of sp³-hybridized carbons (Fsp3) is 0.462. The predicted octanol–water partition coefficient (Wildman–Crippen LogP) is 0.466. The SMILES string of the molecule is CC1C(=O)NCCN1Cc1ccc(CN)cc1. The lowest BCUT2D eigenvalue weighted by Crippen LogP contribution is -2.53. The van der Waals surface area contributed by atoms with Crippen molar-refractivity contribution in [1.82, 2.24) is 10.2 Å². The summed E-state index contributed by atoms with van der Waals surface area (Å²) in [6, 6.07) is 8.22. The van der Waals surface area contributed by atoms with Crippen LogP contribution in [0.1, 0.15) is 18.1 Å². The van der Waals surface area contributed by atoms with Crippen LogP contribution in [0, 0.1) is 0 Å². The fourth-order valence-electron chi connectivity index (χ4n) is 2.06. The molecular formula is C13H19N3O. The lowest BCUT2D eigenvalue weighted by Gasteiger charge is -2.32. The molecule has 2 rings (SSSR count). The van der Waals surface area contributed by atoms with Crippen molar-refractivity contribution in [3.63, 3.8) is 0 Å². The Hall–Kier alpha value is -1.39. The second-order valence-corrected chi connectivity index (χ2v) is 4.46. The zero-order valence-electron chi connectivity index (χ0n) is 10.1. The van der Waals surface area contributed by atoms with Gasteiger partial charge in [0.25, 0.3) is 0 Å². The fourth-order valence-corrected chi connectivity index (χ4v) is 2.06. The Balaban J connectivity index is 2.01. The van der Waals surface area contributed by atoms with Crippen LogP contribution in [0.15, 0.2) is 24.3 Å². The van der Waals surface area contributed by atoms with Crippen LogP contribution in [0.25, 0.3) is 0 Å². The van der Waals surface area contributed by atoms with Crippen molar-refractivity contribution >= 4 is 5.91 Å². The molecule has 0 saturated carbocycles. The molecule has 4 nitrogen and oxygen atoms in total. The van der Waals surface area contributed by atoms with Crippen LogP contribution < -0.4 is 11.1 Å². The molecule has 1 heterocycles. The predicted molar refractivity (Wildman–Crippen MR) is 67.2 cm³/mol. The van der Waals surface area contributed by atoms with Gasteiger partial charge in [-0.25, -0.2) is 0 Å². The maximum absolute atomic E-state index is 11.5. The maximum Gasteiger partial charge on any atom is 0.237 e. The molecule has 1 aliphatic heterocycles. The van der Waals surface area contributed by atoms with E-state index in [0.29, 0.717) is 6.54 Å². The van der Waals surface area contributed by atoms with Gasteiger partial charge in [0.15, 0.2) is 0 Å². The van der Waals surface area contributed by atoms with Gasteiger partial charge in [-0.3, -0.25) is 9.69 Å². The van der Waals surface area contributed by atoms with Crippen LogP contribution in [0.5, 0.6) is 0 Å². The van der Waals surface area contributed by atoms with Crippen LogP contribution in [0.2, 0.25) is 0 Å². The minimum absolute atomic E-state index is 0.0436. The molecular weight excluding hydrogens is 214 g/mol.